The first-order valence-corrected chi connectivity index (χ1v) is 51.7. The highest BCUT2D eigenvalue weighted by Crippen LogP contribution is 2.53. The smallest absolute Gasteiger partial charge is 0.308 e. The molecule has 748 valence electrons. The minimum Gasteiger partial charge on any atom is -0.465 e. The summed E-state index contributed by atoms with van der Waals surface area (Å²) in [6, 6.07) is 2.61. The Kier molecular flexibility index (Phi) is 45.5. The molecule has 1 saturated carbocycles. The number of aromatic nitrogens is 21. The van der Waals surface area contributed by atoms with E-state index in [0.29, 0.717) is 103 Å². The molecule has 14 rings (SSSR count). The molecule has 5 unspecified atom stereocenters. The van der Waals surface area contributed by atoms with Crippen LogP contribution in [0.3, 0.4) is 0 Å². The number of aryl methyl sites for hydroxylation is 3. The lowest BCUT2D eigenvalue weighted by molar-refractivity contribution is -0.148. The first kappa shape index (κ1) is 112. The third-order valence-corrected chi connectivity index (χ3v) is 26.9. The first-order valence-electron chi connectivity index (χ1n) is 51.7. The number of Topliss-reactive ketones (excluding diaryl/α,β-unsaturated/α-hetero) is 2. The van der Waals surface area contributed by atoms with Crippen LogP contribution in [0.25, 0.3) is 0 Å². The number of esters is 1. The number of likely N-dealkylation sites (tertiary alicyclic amines) is 1. The third kappa shape index (κ3) is 32.2. The van der Waals surface area contributed by atoms with E-state index in [9.17, 15) is 24.0 Å². The largest absolute Gasteiger partial charge is 0.465 e. The summed E-state index contributed by atoms with van der Waals surface area (Å²) in [4.78, 5) is 59.8. The number of carbonyl (C=O) groups is 5. The van der Waals surface area contributed by atoms with E-state index in [0.717, 1.165) is 99.8 Å². The average molecular weight is 1850 g/mol. The third-order valence-electron chi connectivity index (χ3n) is 26.9. The number of carbonyl (C=O) groups excluding carboxylic acids is 5. The van der Waals surface area contributed by atoms with Crippen LogP contribution in [0.1, 0.15) is 490 Å². The van der Waals surface area contributed by atoms with Gasteiger partial charge in [-0.05, 0) is 261 Å². The van der Waals surface area contributed by atoms with Gasteiger partial charge in [-0.15, -0.1) is 35.7 Å². The fraction of sp³-hybridized carbons (Fsp3) is 0.816. The molecule has 8 heterocycles. The number of nitrogens with zero attached hydrogens (tertiary/aromatic N) is 22. The molecule has 133 heavy (non-hydrogen) atoms. The summed E-state index contributed by atoms with van der Waals surface area (Å²) in [5.74, 6) is 5.98. The zero-order valence-corrected chi connectivity index (χ0v) is 88.4. The van der Waals surface area contributed by atoms with E-state index in [2.05, 4.69) is 239 Å². The second kappa shape index (κ2) is 54.1. The number of hydrogen-bond donors (Lipinski definition) is 0. The van der Waals surface area contributed by atoms with Gasteiger partial charge in [-0.2, -0.15) is 0 Å². The lowest BCUT2D eigenvalue weighted by Gasteiger charge is -2.25. The van der Waals surface area contributed by atoms with Crippen LogP contribution in [0.5, 0.6) is 0 Å². The topological polar surface area (TPSA) is 331 Å². The van der Waals surface area contributed by atoms with Gasteiger partial charge in [-0.25, -0.2) is 32.8 Å². The average Bonchev–Trinajstić information content (AvgIpc) is 1.60. The van der Waals surface area contributed by atoms with Gasteiger partial charge in [0.1, 0.15) is 31.1 Å². The van der Waals surface area contributed by atoms with E-state index in [4.69, 9.17) is 14.2 Å². The summed E-state index contributed by atoms with van der Waals surface area (Å²) in [5.41, 5.74) is 14.4. The Morgan fingerprint density at radius 2 is 0.805 bits per heavy atom. The number of ketones is 2. The van der Waals surface area contributed by atoms with Crippen molar-refractivity contribution in [3.63, 3.8) is 0 Å². The van der Waals surface area contributed by atoms with E-state index < -0.39 is 0 Å². The number of imide groups is 1. The Bertz CT molecular complexity index is 4570. The summed E-state index contributed by atoms with van der Waals surface area (Å²) in [7, 11) is 0. The van der Waals surface area contributed by atoms with Gasteiger partial charge in [0.2, 0.25) is 11.8 Å². The molecule has 30 nitrogen and oxygen atoms in total. The summed E-state index contributed by atoms with van der Waals surface area (Å²) in [5, 5.41) is 59.6. The Balaban J connectivity index is 0.000000210. The fourth-order valence-electron chi connectivity index (χ4n) is 18.5. The zero-order chi connectivity index (χ0) is 98.5. The van der Waals surface area contributed by atoms with E-state index in [1.54, 1.807) is 0 Å². The highest BCUT2D eigenvalue weighted by atomic mass is 16.5. The molecule has 2 fully saturated rings. The summed E-state index contributed by atoms with van der Waals surface area (Å²) >= 11 is 0. The maximum Gasteiger partial charge on any atom is 0.308 e. The molecule has 7 aromatic heterocycles. The molecule has 30 heteroatoms. The van der Waals surface area contributed by atoms with Crippen LogP contribution >= 0.6 is 0 Å². The predicted molar refractivity (Wildman–Crippen MR) is 525 cm³/mol. The number of hydrogen-bond acceptors (Lipinski definition) is 22. The second-order valence-corrected chi connectivity index (χ2v) is 43.1. The van der Waals surface area contributed by atoms with Crippen molar-refractivity contribution in [1.29, 1.82) is 0 Å². The Morgan fingerprint density at radius 3 is 1.25 bits per heavy atom. The Hall–Kier alpha value is -8.15. The molecule has 0 spiro atoms. The van der Waals surface area contributed by atoms with Crippen molar-refractivity contribution in [2.45, 2.75) is 466 Å². The molecule has 1 aliphatic heterocycles. The van der Waals surface area contributed by atoms with Crippen LogP contribution in [0.4, 0.5) is 0 Å². The van der Waals surface area contributed by atoms with Gasteiger partial charge in [0.05, 0.1) is 81.4 Å². The lowest BCUT2D eigenvalue weighted by Crippen LogP contribution is -2.37. The van der Waals surface area contributed by atoms with Crippen LogP contribution in [-0.2, 0) is 76.7 Å². The van der Waals surface area contributed by atoms with Crippen LogP contribution in [-0.4, -0.2) is 165 Å². The monoisotopic (exact) mass is 1850 g/mol. The Labute approximate surface area is 799 Å². The summed E-state index contributed by atoms with van der Waals surface area (Å²) in [6.07, 6.45) is 32.1. The molecule has 6 aliphatic carbocycles. The molecule has 7 aromatic rings. The standard InChI is InChI=1S/C17H27N3O2.2C16H27N3O2.2C14H25N3.C10H17NO2.2C8H15N3/c1-10(2)17(21)22-9-14-12-5-7-15-16(8-6-13(12)14)20(11(3)4)19-18-15;1-11(2)14(20)10-21-15-9-7-5-6-8-13-16(15)17-18-19(13)12(3)4;1-11(2)14(20)10-21-15-9-7-5-6-8-13-16(15)19(12(3)4)18-17-13;1-10(2)12-8-6-5-7-9-13-14(12)15-16-17(13)11(3)4;1-10(2)12-8-6-5-7-9-13-14(12)17(11(3)4)16-15-13;1-6(2)8-5-9(12)11(7(3)4)10(8)13;1-6(2)8-5-11(7(3)4)10-9-8;1-6(2)8-5-9-10-11(8)7(3)4/h10-14H,5-9H2,1-4H3;2*11-12,15H,5-10H2,1-4H3;2*10-12H,5-9H2,1-4H3;6-8H,5H2,1-4H3;2*5-7H,1-4H3/t12-,13+,14-;;;;;;;/m0......./s1. The van der Waals surface area contributed by atoms with Crippen LogP contribution < -0.4 is 0 Å². The van der Waals surface area contributed by atoms with Crippen molar-refractivity contribution in [2.75, 3.05) is 19.8 Å². The van der Waals surface area contributed by atoms with Gasteiger partial charge in [0.25, 0.3) is 0 Å². The lowest BCUT2D eigenvalue weighted by atomic mass is 9.83. The highest BCUT2D eigenvalue weighted by molar-refractivity contribution is 6.04. The van der Waals surface area contributed by atoms with Crippen molar-refractivity contribution in [3.05, 3.63) is 80.7 Å². The van der Waals surface area contributed by atoms with E-state index >= 15 is 0 Å². The maximum absolute atomic E-state index is 11.8. The summed E-state index contributed by atoms with van der Waals surface area (Å²) in [6.45, 7) is 67.9. The number of fused-ring (bicyclic) bond motifs is 6. The quantitative estimate of drug-likeness (QED) is 0.0401. The number of ether oxygens (including phenoxy) is 3. The molecular weight excluding hydrogens is 1670 g/mol. The molecule has 8 atom stereocenters. The number of amides is 2. The van der Waals surface area contributed by atoms with Gasteiger partial charge in [-0.3, -0.25) is 28.9 Å². The van der Waals surface area contributed by atoms with Crippen LogP contribution in [0, 0.1) is 59.2 Å². The molecule has 1 saturated heterocycles. The molecular formula is C103H178N22O8. The van der Waals surface area contributed by atoms with Gasteiger partial charge >= 0.3 is 5.97 Å². The van der Waals surface area contributed by atoms with Gasteiger partial charge in [0.15, 0.2) is 11.6 Å². The SMILES string of the molecule is CC(C)C(=O)COC1CCCCCc2c1nnn2C(C)C.CC(C)C(=O)COC1CCCCCc2nnn(C(C)C)c21.CC(C)C(=O)OC[C@@H]1[C@@H]2CCc3c(nnn3C(C)C)CC[C@@H]21.CC(C)C1CC(=O)N(C(C)C)C1=O.CC(C)C1CCCCCc2c1nnn2C(C)C.CC(C)C1CCCCCc2nnn(C(C)C)c21.CC(C)c1cn(C(C)C)nn1.CC(C)c1cnnn1C(C)C. The molecule has 0 bridgehead atoms. The van der Waals surface area contributed by atoms with Gasteiger partial charge < -0.3 is 14.2 Å². The maximum atomic E-state index is 11.8. The highest BCUT2D eigenvalue weighted by Gasteiger charge is 2.51. The van der Waals surface area contributed by atoms with Crippen molar-refractivity contribution >= 4 is 29.4 Å². The first-order chi connectivity index (χ1) is 62.9. The van der Waals surface area contributed by atoms with Crippen LogP contribution in [0.2, 0.25) is 0 Å². The van der Waals surface area contributed by atoms with E-state index in [-0.39, 0.29) is 96.4 Å². The minimum absolute atomic E-state index is 0.00347. The van der Waals surface area contributed by atoms with Gasteiger partial charge in [0, 0.05) is 90.5 Å². The molecule has 0 N–H and O–H groups in total. The predicted octanol–water partition coefficient (Wildman–Crippen LogP) is 22.1. The van der Waals surface area contributed by atoms with Crippen molar-refractivity contribution in [2.24, 2.45) is 59.2 Å². The van der Waals surface area contributed by atoms with E-state index in [1.807, 2.05) is 100 Å². The Morgan fingerprint density at radius 1 is 0.368 bits per heavy atom. The normalized spacial score (nSPS) is 20.3. The fourth-order valence-corrected chi connectivity index (χ4v) is 18.5. The zero-order valence-electron chi connectivity index (χ0n) is 88.4. The van der Waals surface area contributed by atoms with E-state index in [1.165, 1.54) is 128 Å². The molecule has 7 aliphatic rings. The van der Waals surface area contributed by atoms with Crippen LogP contribution in [0.15, 0.2) is 12.4 Å². The van der Waals surface area contributed by atoms with Crippen molar-refractivity contribution in [3.8, 4) is 0 Å². The molecule has 2 amide bonds. The molecule has 0 radical (unpaired) electrons. The molecule has 0 aromatic carbocycles. The summed E-state index contributed by atoms with van der Waals surface area (Å²) < 4.78 is 31.5. The minimum atomic E-state index is -0.0881. The van der Waals surface area contributed by atoms with Crippen molar-refractivity contribution in [1.82, 2.24) is 110 Å². The van der Waals surface area contributed by atoms with Gasteiger partial charge in [-0.1, -0.05) is 199 Å². The number of rotatable bonds is 24. The van der Waals surface area contributed by atoms with Crippen molar-refractivity contribution < 1.29 is 38.2 Å². The second-order valence-electron chi connectivity index (χ2n) is 43.1.